The van der Waals surface area contributed by atoms with E-state index >= 15 is 0 Å². The first-order valence-electron chi connectivity index (χ1n) is 10.3. The van der Waals surface area contributed by atoms with Crippen molar-refractivity contribution in [3.8, 4) is 0 Å². The number of rotatable bonds is 17. The molecule has 2 unspecified atom stereocenters. The van der Waals surface area contributed by atoms with Crippen molar-refractivity contribution < 1.29 is 15.3 Å². The van der Waals surface area contributed by atoms with Crippen LogP contribution in [0.15, 0.2) is 60.8 Å². The minimum atomic E-state index is -1.52. The third kappa shape index (κ3) is 18.3. The summed E-state index contributed by atoms with van der Waals surface area (Å²) in [5.41, 5.74) is 0. The van der Waals surface area contributed by atoms with Crippen LogP contribution in [0, 0.1) is 0 Å². The molecule has 0 saturated heterocycles. The van der Waals surface area contributed by atoms with Crippen molar-refractivity contribution in [2.75, 3.05) is 5.75 Å². The minimum Gasteiger partial charge on any atom is -0.379 e. The summed E-state index contributed by atoms with van der Waals surface area (Å²) >= 11 is 4.02. The lowest BCUT2D eigenvalue weighted by Crippen LogP contribution is -2.46. The molecule has 0 fully saturated rings. The van der Waals surface area contributed by atoms with Crippen molar-refractivity contribution in [3.63, 3.8) is 0 Å². The lowest BCUT2D eigenvalue weighted by Gasteiger charge is -2.22. The maximum atomic E-state index is 9.81. The van der Waals surface area contributed by atoms with Gasteiger partial charge in [-0.15, -0.1) is 0 Å². The summed E-state index contributed by atoms with van der Waals surface area (Å²) in [7, 11) is 0. The van der Waals surface area contributed by atoms with Crippen LogP contribution in [0.5, 0.6) is 0 Å². The Labute approximate surface area is 176 Å². The van der Waals surface area contributed by atoms with Crippen LogP contribution in [-0.4, -0.2) is 39.6 Å². The van der Waals surface area contributed by atoms with Crippen molar-refractivity contribution >= 4 is 12.6 Å². The van der Waals surface area contributed by atoms with Gasteiger partial charge in [-0.3, -0.25) is 5.32 Å². The minimum absolute atomic E-state index is 0.253. The molecule has 0 aliphatic heterocycles. The van der Waals surface area contributed by atoms with E-state index in [1.54, 1.807) is 0 Å². The van der Waals surface area contributed by atoms with E-state index in [1.165, 1.54) is 0 Å². The lowest BCUT2D eigenvalue weighted by atomic mass is 10.2. The molecule has 0 aliphatic rings. The van der Waals surface area contributed by atoms with Crippen LogP contribution in [0.25, 0.3) is 0 Å². The first-order chi connectivity index (χ1) is 13.6. The second kappa shape index (κ2) is 20.6. The smallest absolute Gasteiger partial charge is 0.167 e. The first-order valence-corrected chi connectivity index (χ1v) is 10.9. The zero-order chi connectivity index (χ0) is 20.9. The molecule has 0 aromatic carbocycles. The Bertz CT molecular complexity index is 484. The second-order valence-corrected chi connectivity index (χ2v) is 6.89. The molecule has 0 aromatic rings. The zero-order valence-corrected chi connectivity index (χ0v) is 18.1. The van der Waals surface area contributed by atoms with Gasteiger partial charge in [-0.2, -0.15) is 12.6 Å². The Morgan fingerprint density at radius 1 is 0.750 bits per heavy atom. The normalized spacial score (nSPS) is 15.4. The monoisotopic (exact) mass is 409 g/mol. The van der Waals surface area contributed by atoms with Gasteiger partial charge in [0.25, 0.3) is 0 Å². The maximum Gasteiger partial charge on any atom is 0.167 e. The Morgan fingerprint density at radius 3 is 1.64 bits per heavy atom. The fraction of sp³-hybridized carbons (Fsp3) is 0.565. The van der Waals surface area contributed by atoms with Gasteiger partial charge in [0.2, 0.25) is 0 Å². The van der Waals surface area contributed by atoms with Crippen molar-refractivity contribution in [1.29, 1.82) is 0 Å². The average Bonchev–Trinajstić information content (AvgIpc) is 2.68. The predicted octanol–water partition coefficient (Wildman–Crippen LogP) is 4.43. The van der Waals surface area contributed by atoms with Gasteiger partial charge in [0.1, 0.15) is 6.23 Å². The molecular formula is C23H39NO3S. The van der Waals surface area contributed by atoms with Gasteiger partial charge in [0.15, 0.2) is 6.29 Å². The van der Waals surface area contributed by atoms with Gasteiger partial charge in [0.05, 0.1) is 6.04 Å². The SMILES string of the molecule is CCC=CCC=CCC=CCC=CCC=CCCCC(O)NC(CS)C(O)O. The summed E-state index contributed by atoms with van der Waals surface area (Å²) in [4.78, 5) is 0. The van der Waals surface area contributed by atoms with E-state index in [0.29, 0.717) is 6.42 Å². The molecule has 2 atom stereocenters. The highest BCUT2D eigenvalue weighted by molar-refractivity contribution is 7.80. The van der Waals surface area contributed by atoms with Gasteiger partial charge in [0, 0.05) is 5.75 Å². The summed E-state index contributed by atoms with van der Waals surface area (Å²) in [5, 5.41) is 30.7. The van der Waals surface area contributed by atoms with Gasteiger partial charge in [-0.25, -0.2) is 0 Å². The van der Waals surface area contributed by atoms with Crippen LogP contribution in [-0.2, 0) is 0 Å². The molecular weight excluding hydrogens is 370 g/mol. The van der Waals surface area contributed by atoms with E-state index in [0.717, 1.165) is 44.9 Å². The molecule has 160 valence electrons. The summed E-state index contributed by atoms with van der Waals surface area (Å²) in [6, 6.07) is -0.618. The maximum absolute atomic E-state index is 9.81. The summed E-state index contributed by atoms with van der Waals surface area (Å²) in [5.74, 6) is 0.253. The second-order valence-electron chi connectivity index (χ2n) is 6.52. The Balaban J connectivity index is 3.63. The zero-order valence-electron chi connectivity index (χ0n) is 17.2. The van der Waals surface area contributed by atoms with Crippen LogP contribution < -0.4 is 5.32 Å². The number of thiol groups is 1. The third-order valence-corrected chi connectivity index (χ3v) is 4.36. The Hall–Kier alpha value is -1.11. The fourth-order valence-electron chi connectivity index (χ4n) is 2.36. The number of unbranched alkanes of at least 4 members (excludes halogenated alkanes) is 1. The largest absolute Gasteiger partial charge is 0.379 e. The Kier molecular flexibility index (Phi) is 19.8. The summed E-state index contributed by atoms with van der Waals surface area (Å²) in [6.07, 6.45) is 26.7. The van der Waals surface area contributed by atoms with E-state index in [2.05, 4.69) is 85.6 Å². The summed E-state index contributed by atoms with van der Waals surface area (Å²) < 4.78 is 0. The van der Waals surface area contributed by atoms with E-state index < -0.39 is 18.6 Å². The van der Waals surface area contributed by atoms with E-state index in [9.17, 15) is 5.11 Å². The lowest BCUT2D eigenvalue weighted by molar-refractivity contribution is -0.0731. The van der Waals surface area contributed by atoms with Gasteiger partial charge >= 0.3 is 0 Å². The number of nitrogens with one attached hydrogen (secondary N) is 1. The van der Waals surface area contributed by atoms with Crippen LogP contribution in [0.3, 0.4) is 0 Å². The topological polar surface area (TPSA) is 72.7 Å². The van der Waals surface area contributed by atoms with Crippen molar-refractivity contribution in [2.24, 2.45) is 0 Å². The predicted molar refractivity (Wildman–Crippen MR) is 123 cm³/mol. The molecule has 0 bridgehead atoms. The molecule has 28 heavy (non-hydrogen) atoms. The van der Waals surface area contributed by atoms with Gasteiger partial charge in [-0.05, 0) is 51.4 Å². The van der Waals surface area contributed by atoms with E-state index in [-0.39, 0.29) is 5.75 Å². The number of hydrogen-bond donors (Lipinski definition) is 5. The molecule has 0 heterocycles. The molecule has 4 nitrogen and oxygen atoms in total. The van der Waals surface area contributed by atoms with Crippen molar-refractivity contribution in [2.45, 2.75) is 76.9 Å². The number of hydrogen-bond acceptors (Lipinski definition) is 5. The highest BCUT2D eigenvalue weighted by atomic mass is 32.1. The molecule has 0 rings (SSSR count). The highest BCUT2D eigenvalue weighted by Crippen LogP contribution is 2.04. The van der Waals surface area contributed by atoms with Crippen LogP contribution >= 0.6 is 12.6 Å². The number of aliphatic hydroxyl groups excluding tert-OH is 2. The Morgan fingerprint density at radius 2 is 1.21 bits per heavy atom. The molecule has 0 radical (unpaired) electrons. The molecule has 0 aliphatic carbocycles. The number of allylic oxidation sites excluding steroid dienone is 10. The molecule has 0 amide bonds. The molecule has 0 spiro atoms. The van der Waals surface area contributed by atoms with E-state index in [4.69, 9.17) is 10.2 Å². The number of aliphatic hydroxyl groups is 3. The molecule has 4 N–H and O–H groups in total. The van der Waals surface area contributed by atoms with Crippen LogP contribution in [0.4, 0.5) is 0 Å². The van der Waals surface area contributed by atoms with Crippen molar-refractivity contribution in [1.82, 2.24) is 5.32 Å². The third-order valence-electron chi connectivity index (χ3n) is 3.97. The van der Waals surface area contributed by atoms with E-state index in [1.807, 2.05) is 0 Å². The quantitative estimate of drug-likeness (QED) is 0.107. The fourth-order valence-corrected chi connectivity index (χ4v) is 2.66. The standard InChI is InChI=1S/C23H39NO3S/c1-2-3-4-5-6-7-8-9-10-11-12-13-14-15-16-17-18-19-22(25)24-21(20-28)23(26)27/h3-4,6-7,9-10,12-13,15-16,21-28H,2,5,8,11,14,17-20H2,1H3. The van der Waals surface area contributed by atoms with Crippen LogP contribution in [0.2, 0.25) is 0 Å². The first kappa shape index (κ1) is 26.9. The van der Waals surface area contributed by atoms with Gasteiger partial charge in [-0.1, -0.05) is 67.7 Å². The molecule has 0 saturated carbocycles. The van der Waals surface area contributed by atoms with Gasteiger partial charge < -0.3 is 15.3 Å². The van der Waals surface area contributed by atoms with Crippen molar-refractivity contribution in [3.05, 3.63) is 60.8 Å². The molecule has 5 heteroatoms. The molecule has 0 aromatic heterocycles. The highest BCUT2D eigenvalue weighted by Gasteiger charge is 2.17. The summed E-state index contributed by atoms with van der Waals surface area (Å²) in [6.45, 7) is 2.14. The van der Waals surface area contributed by atoms with Crippen LogP contribution in [0.1, 0.15) is 58.3 Å². The average molecular weight is 410 g/mol.